The van der Waals surface area contributed by atoms with Crippen LogP contribution in [-0.4, -0.2) is 53.3 Å². The molecule has 0 radical (unpaired) electrons. The highest BCUT2D eigenvalue weighted by Crippen LogP contribution is 2.32. The molecule has 1 unspecified atom stereocenters. The molecule has 9 nitrogen and oxygen atoms in total. The van der Waals surface area contributed by atoms with Crippen LogP contribution in [-0.2, 0) is 9.59 Å². The maximum atomic E-state index is 12.8. The van der Waals surface area contributed by atoms with Gasteiger partial charge in [-0.15, -0.1) is 0 Å². The van der Waals surface area contributed by atoms with Gasteiger partial charge in [-0.1, -0.05) is 6.07 Å². The highest BCUT2D eigenvalue weighted by molar-refractivity contribution is 6.20. The topological polar surface area (TPSA) is 115 Å². The third-order valence-corrected chi connectivity index (χ3v) is 4.75. The van der Waals surface area contributed by atoms with Crippen molar-refractivity contribution in [2.24, 2.45) is 0 Å². The van der Waals surface area contributed by atoms with E-state index in [-0.39, 0.29) is 46.9 Å². The van der Waals surface area contributed by atoms with Crippen LogP contribution in [0.5, 0.6) is 5.75 Å². The summed E-state index contributed by atoms with van der Waals surface area (Å²) in [7, 11) is 3.14. The number of anilines is 1. The molecule has 0 saturated carbocycles. The Labute approximate surface area is 173 Å². The Hall–Kier alpha value is -3.75. The number of phenolic OH excluding ortho intramolecular Hbond substituents is 1. The van der Waals surface area contributed by atoms with Crippen LogP contribution in [0.3, 0.4) is 0 Å². The van der Waals surface area contributed by atoms with E-state index in [4.69, 9.17) is 4.42 Å². The summed E-state index contributed by atoms with van der Waals surface area (Å²) < 4.78 is 5.36. The van der Waals surface area contributed by atoms with Gasteiger partial charge in [-0.3, -0.25) is 19.3 Å². The maximum Gasteiger partial charge on any atom is 0.279 e. The van der Waals surface area contributed by atoms with Gasteiger partial charge < -0.3 is 25.1 Å². The van der Waals surface area contributed by atoms with E-state index in [1.807, 2.05) is 0 Å². The minimum absolute atomic E-state index is 0.00925. The Morgan fingerprint density at radius 1 is 1.17 bits per heavy atom. The smallest absolute Gasteiger partial charge is 0.279 e. The standard InChI is InChI=1S/C21H24N4O5/c1-5-25-20(28)16(22-12(2)15-10-7-11-30-15)17(21(25)29)23-14-9-6-8-13(18(14)26)19(27)24(3)4/h6-12,22-23,26H,5H2,1-4H3. The molecule has 1 atom stereocenters. The van der Waals surface area contributed by atoms with Crippen LogP contribution < -0.4 is 10.6 Å². The second-order valence-electron chi connectivity index (χ2n) is 7.01. The zero-order chi connectivity index (χ0) is 22.0. The molecular formula is C21H24N4O5. The van der Waals surface area contributed by atoms with Gasteiger partial charge in [-0.2, -0.15) is 0 Å². The second-order valence-corrected chi connectivity index (χ2v) is 7.01. The fourth-order valence-corrected chi connectivity index (χ4v) is 3.13. The largest absolute Gasteiger partial charge is 0.505 e. The third kappa shape index (κ3) is 3.73. The van der Waals surface area contributed by atoms with E-state index in [2.05, 4.69) is 10.6 Å². The van der Waals surface area contributed by atoms with E-state index >= 15 is 0 Å². The predicted octanol–water partition coefficient (Wildman–Crippen LogP) is 2.05. The number of hydrogen-bond donors (Lipinski definition) is 3. The van der Waals surface area contributed by atoms with Crippen LogP contribution in [0.15, 0.2) is 52.4 Å². The number of imide groups is 1. The monoisotopic (exact) mass is 412 g/mol. The first-order valence-corrected chi connectivity index (χ1v) is 9.47. The quantitative estimate of drug-likeness (QED) is 0.471. The third-order valence-electron chi connectivity index (χ3n) is 4.75. The van der Waals surface area contributed by atoms with Gasteiger partial charge in [0.05, 0.1) is 23.6 Å². The molecule has 1 aliphatic heterocycles. The summed E-state index contributed by atoms with van der Waals surface area (Å²) in [5, 5.41) is 16.5. The van der Waals surface area contributed by atoms with Crippen molar-refractivity contribution in [3.8, 4) is 5.75 Å². The normalized spacial score (nSPS) is 14.9. The number of carbonyl (C=O) groups excluding carboxylic acids is 3. The zero-order valence-corrected chi connectivity index (χ0v) is 17.2. The minimum atomic E-state index is -0.527. The van der Waals surface area contributed by atoms with Crippen molar-refractivity contribution in [1.82, 2.24) is 15.1 Å². The Bertz CT molecular complexity index is 1010. The summed E-state index contributed by atoms with van der Waals surface area (Å²) in [6.45, 7) is 3.68. The van der Waals surface area contributed by atoms with Gasteiger partial charge >= 0.3 is 0 Å². The summed E-state index contributed by atoms with van der Waals surface area (Å²) in [5.74, 6) is -1.11. The number of phenols is 1. The van der Waals surface area contributed by atoms with Gasteiger partial charge in [0.2, 0.25) is 0 Å². The molecule has 2 aromatic rings. The second kappa shape index (κ2) is 8.32. The molecule has 3 amide bonds. The molecule has 30 heavy (non-hydrogen) atoms. The number of likely N-dealkylation sites (N-methyl/N-ethyl adjacent to an activating group) is 1. The van der Waals surface area contributed by atoms with Crippen LogP contribution in [0.25, 0.3) is 0 Å². The van der Waals surface area contributed by atoms with Gasteiger partial charge in [-0.05, 0) is 38.1 Å². The van der Waals surface area contributed by atoms with Gasteiger partial charge in [0.25, 0.3) is 17.7 Å². The minimum Gasteiger partial charge on any atom is -0.505 e. The number of carbonyl (C=O) groups is 3. The summed E-state index contributed by atoms with van der Waals surface area (Å²) >= 11 is 0. The number of amides is 3. The van der Waals surface area contributed by atoms with Gasteiger partial charge in [-0.25, -0.2) is 0 Å². The molecule has 3 N–H and O–H groups in total. The number of rotatable bonds is 7. The molecule has 1 aromatic heterocycles. The molecule has 0 bridgehead atoms. The fourth-order valence-electron chi connectivity index (χ4n) is 3.13. The molecule has 9 heteroatoms. The van der Waals surface area contributed by atoms with E-state index in [1.54, 1.807) is 46.1 Å². The van der Waals surface area contributed by atoms with Crippen molar-refractivity contribution in [1.29, 1.82) is 0 Å². The SMILES string of the molecule is CCN1C(=O)C(Nc2cccc(C(=O)N(C)C)c2O)=C(NC(C)c2ccco2)C1=O. The first-order valence-electron chi connectivity index (χ1n) is 9.47. The fraction of sp³-hybridized carbons (Fsp3) is 0.286. The Morgan fingerprint density at radius 2 is 1.87 bits per heavy atom. The van der Waals surface area contributed by atoms with Crippen molar-refractivity contribution in [3.05, 3.63) is 59.3 Å². The molecule has 158 valence electrons. The maximum absolute atomic E-state index is 12.8. The molecule has 0 aliphatic carbocycles. The number of hydrogen-bond acceptors (Lipinski definition) is 7. The number of benzene rings is 1. The molecule has 3 rings (SSSR count). The molecular weight excluding hydrogens is 388 g/mol. The lowest BCUT2D eigenvalue weighted by molar-refractivity contribution is -0.137. The Morgan fingerprint density at radius 3 is 2.47 bits per heavy atom. The van der Waals surface area contributed by atoms with Crippen LogP contribution in [0.4, 0.5) is 5.69 Å². The summed E-state index contributed by atoms with van der Waals surface area (Å²) in [6.07, 6.45) is 1.52. The number of para-hydroxylation sites is 1. The molecule has 1 aromatic carbocycles. The van der Waals surface area contributed by atoms with Crippen molar-refractivity contribution in [2.75, 3.05) is 26.0 Å². The predicted molar refractivity (Wildman–Crippen MR) is 109 cm³/mol. The average Bonchev–Trinajstić information content (AvgIpc) is 3.32. The van der Waals surface area contributed by atoms with Gasteiger partial charge in [0, 0.05) is 20.6 Å². The van der Waals surface area contributed by atoms with Gasteiger partial charge in [0.1, 0.15) is 17.2 Å². The molecule has 0 saturated heterocycles. The highest BCUT2D eigenvalue weighted by Gasteiger charge is 2.39. The number of furan rings is 1. The van der Waals surface area contributed by atoms with E-state index in [0.29, 0.717) is 5.76 Å². The van der Waals surface area contributed by atoms with Crippen molar-refractivity contribution < 1.29 is 23.9 Å². The van der Waals surface area contributed by atoms with Crippen molar-refractivity contribution in [3.63, 3.8) is 0 Å². The molecule has 0 spiro atoms. The lowest BCUT2D eigenvalue weighted by atomic mass is 10.1. The lowest BCUT2D eigenvalue weighted by Gasteiger charge is -2.16. The molecule has 1 aliphatic rings. The number of nitrogens with one attached hydrogen (secondary N) is 2. The lowest BCUT2D eigenvalue weighted by Crippen LogP contribution is -2.34. The van der Waals surface area contributed by atoms with Crippen LogP contribution in [0.1, 0.15) is 36.0 Å². The van der Waals surface area contributed by atoms with Crippen molar-refractivity contribution in [2.45, 2.75) is 19.9 Å². The number of nitrogens with zero attached hydrogens (tertiary/aromatic N) is 2. The Kier molecular flexibility index (Phi) is 5.81. The van der Waals surface area contributed by atoms with Gasteiger partial charge in [0.15, 0.2) is 5.75 Å². The zero-order valence-electron chi connectivity index (χ0n) is 17.2. The van der Waals surface area contributed by atoms with Crippen LogP contribution in [0.2, 0.25) is 0 Å². The highest BCUT2D eigenvalue weighted by atomic mass is 16.3. The van der Waals surface area contributed by atoms with E-state index < -0.39 is 11.8 Å². The summed E-state index contributed by atoms with van der Waals surface area (Å²) in [4.78, 5) is 40.3. The Balaban J connectivity index is 1.99. The van der Waals surface area contributed by atoms with E-state index in [9.17, 15) is 19.5 Å². The number of aromatic hydroxyl groups is 1. The summed E-state index contributed by atoms with van der Waals surface area (Å²) in [5.41, 5.74) is 0.273. The first-order chi connectivity index (χ1) is 14.3. The molecule has 0 fully saturated rings. The van der Waals surface area contributed by atoms with Crippen LogP contribution in [0, 0.1) is 0 Å². The van der Waals surface area contributed by atoms with Crippen molar-refractivity contribution >= 4 is 23.4 Å². The van der Waals surface area contributed by atoms with E-state index in [0.717, 1.165) is 4.90 Å². The van der Waals surface area contributed by atoms with Crippen LogP contribution >= 0.6 is 0 Å². The first kappa shape index (κ1) is 21.0. The molecule has 2 heterocycles. The average molecular weight is 412 g/mol. The summed E-state index contributed by atoms with van der Waals surface area (Å²) in [6, 6.07) is 7.69. The van der Waals surface area contributed by atoms with E-state index in [1.165, 1.54) is 23.3 Å².